The third-order valence-electron chi connectivity index (χ3n) is 4.12. The van der Waals surface area contributed by atoms with Gasteiger partial charge in [0.05, 0.1) is 11.6 Å². The van der Waals surface area contributed by atoms with E-state index in [4.69, 9.17) is 0 Å². The van der Waals surface area contributed by atoms with Crippen LogP contribution in [0, 0.1) is 11.6 Å². The Labute approximate surface area is 124 Å². The number of carbonyl (C=O) groups is 1. The molecule has 1 amide bonds. The van der Waals surface area contributed by atoms with E-state index in [1.807, 2.05) is 0 Å². The number of hydrogen-bond donors (Lipinski definition) is 1. The monoisotopic (exact) mass is 295 g/mol. The van der Waals surface area contributed by atoms with Gasteiger partial charge in [-0.1, -0.05) is 51.9 Å². The molecule has 2 nitrogen and oxygen atoms in total. The zero-order chi connectivity index (χ0) is 15.2. The van der Waals surface area contributed by atoms with Gasteiger partial charge < -0.3 is 5.32 Å². The fraction of sp³-hybridized carbons (Fsp3) is 0.588. The van der Waals surface area contributed by atoms with E-state index in [-0.39, 0.29) is 11.6 Å². The molecule has 1 atom stereocenters. The molecule has 116 valence electrons. The maximum atomic E-state index is 13.6. The number of fused-ring (bicyclic) bond motifs is 1. The number of carbonyl (C=O) groups excluding carboxylic acids is 1. The Bertz CT molecular complexity index is 502. The molecule has 1 aromatic carbocycles. The summed E-state index contributed by atoms with van der Waals surface area (Å²) < 4.78 is 26.9. The van der Waals surface area contributed by atoms with E-state index in [1.165, 1.54) is 38.2 Å². The Morgan fingerprint density at radius 2 is 1.71 bits per heavy atom. The molecule has 1 aliphatic rings. The minimum atomic E-state index is -0.680. The fourth-order valence-electron chi connectivity index (χ4n) is 2.94. The number of nitrogens with one attached hydrogen (secondary N) is 1. The largest absolute Gasteiger partial charge is 0.323 e. The molecule has 21 heavy (non-hydrogen) atoms. The van der Waals surface area contributed by atoms with Crippen LogP contribution in [0.25, 0.3) is 0 Å². The number of amides is 1. The van der Waals surface area contributed by atoms with Gasteiger partial charge in [0.15, 0.2) is 0 Å². The lowest BCUT2D eigenvalue weighted by Crippen LogP contribution is -2.12. The highest BCUT2D eigenvalue weighted by Gasteiger charge is 2.32. The van der Waals surface area contributed by atoms with Crippen LogP contribution in [0.3, 0.4) is 0 Å². The highest BCUT2D eigenvalue weighted by molar-refractivity contribution is 6.02. The number of anilines is 1. The van der Waals surface area contributed by atoms with Crippen LogP contribution in [0.15, 0.2) is 12.1 Å². The molecule has 4 heteroatoms. The van der Waals surface area contributed by atoms with Crippen molar-refractivity contribution in [3.8, 4) is 0 Å². The first-order valence-corrected chi connectivity index (χ1v) is 7.93. The lowest BCUT2D eigenvalue weighted by molar-refractivity contribution is -0.117. The van der Waals surface area contributed by atoms with Crippen molar-refractivity contribution in [2.75, 3.05) is 5.32 Å². The van der Waals surface area contributed by atoms with Gasteiger partial charge in [-0.05, 0) is 18.1 Å². The Balaban J connectivity index is 1.84. The lowest BCUT2D eigenvalue weighted by atomic mass is 9.94. The van der Waals surface area contributed by atoms with E-state index in [2.05, 4.69) is 12.2 Å². The molecule has 1 aromatic rings. The first-order valence-electron chi connectivity index (χ1n) is 7.93. The molecule has 0 radical (unpaired) electrons. The van der Waals surface area contributed by atoms with Crippen molar-refractivity contribution in [2.24, 2.45) is 0 Å². The van der Waals surface area contributed by atoms with Crippen LogP contribution in [-0.4, -0.2) is 5.91 Å². The summed E-state index contributed by atoms with van der Waals surface area (Å²) in [4.78, 5) is 11.9. The van der Waals surface area contributed by atoms with Crippen LogP contribution in [0.1, 0.15) is 69.8 Å². The number of benzene rings is 1. The second kappa shape index (κ2) is 7.53. The van der Waals surface area contributed by atoms with Crippen molar-refractivity contribution in [3.05, 3.63) is 29.3 Å². The maximum Gasteiger partial charge on any atom is 0.232 e. The van der Waals surface area contributed by atoms with E-state index >= 15 is 0 Å². The summed E-state index contributed by atoms with van der Waals surface area (Å²) >= 11 is 0. The van der Waals surface area contributed by atoms with E-state index < -0.39 is 17.6 Å². The number of hydrogen-bond acceptors (Lipinski definition) is 1. The van der Waals surface area contributed by atoms with E-state index in [0.717, 1.165) is 18.9 Å². The fourth-order valence-corrected chi connectivity index (χ4v) is 2.94. The number of rotatable bonds is 8. The first kappa shape index (κ1) is 15.9. The maximum absolute atomic E-state index is 13.6. The van der Waals surface area contributed by atoms with Gasteiger partial charge >= 0.3 is 0 Å². The molecular formula is C17H23F2NO. The highest BCUT2D eigenvalue weighted by atomic mass is 19.1. The summed E-state index contributed by atoms with van der Waals surface area (Å²) in [6.45, 7) is 2.19. The molecule has 0 aromatic heterocycles. The molecule has 0 bridgehead atoms. The quantitative estimate of drug-likeness (QED) is 0.661. The van der Waals surface area contributed by atoms with Gasteiger partial charge in [0.2, 0.25) is 5.91 Å². The summed E-state index contributed by atoms with van der Waals surface area (Å²) in [5, 5.41) is 2.53. The lowest BCUT2D eigenvalue weighted by Gasteiger charge is -2.09. The Morgan fingerprint density at radius 1 is 1.05 bits per heavy atom. The minimum Gasteiger partial charge on any atom is -0.323 e. The molecular weight excluding hydrogens is 272 g/mol. The van der Waals surface area contributed by atoms with Gasteiger partial charge in [-0.2, -0.15) is 0 Å². The predicted molar refractivity (Wildman–Crippen MR) is 80.3 cm³/mol. The molecule has 2 rings (SSSR count). The smallest absolute Gasteiger partial charge is 0.232 e. The van der Waals surface area contributed by atoms with Gasteiger partial charge in [-0.25, -0.2) is 8.78 Å². The number of unbranched alkanes of at least 4 members (excludes halogenated alkanes) is 6. The SMILES string of the molecule is CCCCCCCCCC1C(=O)Nc2c(F)cc(F)cc21. The molecule has 1 N–H and O–H groups in total. The Morgan fingerprint density at radius 3 is 2.43 bits per heavy atom. The van der Waals surface area contributed by atoms with Crippen molar-refractivity contribution in [3.63, 3.8) is 0 Å². The average Bonchev–Trinajstić information content (AvgIpc) is 2.75. The second-order valence-electron chi connectivity index (χ2n) is 5.80. The van der Waals surface area contributed by atoms with Crippen LogP contribution < -0.4 is 5.32 Å². The molecule has 1 aliphatic heterocycles. The van der Waals surface area contributed by atoms with Gasteiger partial charge in [0.25, 0.3) is 0 Å². The topological polar surface area (TPSA) is 29.1 Å². The van der Waals surface area contributed by atoms with Crippen molar-refractivity contribution < 1.29 is 13.6 Å². The van der Waals surface area contributed by atoms with E-state index in [1.54, 1.807) is 0 Å². The molecule has 0 saturated carbocycles. The zero-order valence-electron chi connectivity index (χ0n) is 12.6. The van der Waals surface area contributed by atoms with Crippen LogP contribution in [-0.2, 0) is 4.79 Å². The van der Waals surface area contributed by atoms with Crippen LogP contribution in [0.5, 0.6) is 0 Å². The normalized spacial score (nSPS) is 16.9. The predicted octanol–water partition coefficient (Wildman–Crippen LogP) is 5.14. The summed E-state index contributed by atoms with van der Waals surface area (Å²) in [5.74, 6) is -1.91. The zero-order valence-corrected chi connectivity index (χ0v) is 12.6. The average molecular weight is 295 g/mol. The Hall–Kier alpha value is -1.45. The van der Waals surface area contributed by atoms with E-state index in [9.17, 15) is 13.6 Å². The molecule has 1 unspecified atom stereocenters. The standard InChI is InChI=1S/C17H23F2NO/c1-2-3-4-5-6-7-8-9-13-14-10-12(18)11-15(19)16(14)20-17(13)21/h10-11,13H,2-9H2,1H3,(H,20,21). The van der Waals surface area contributed by atoms with Gasteiger partial charge in [0, 0.05) is 6.07 Å². The van der Waals surface area contributed by atoms with Gasteiger partial charge in [-0.3, -0.25) is 4.79 Å². The summed E-state index contributed by atoms with van der Waals surface area (Å²) in [6.07, 6.45) is 8.81. The highest BCUT2D eigenvalue weighted by Crippen LogP contribution is 2.38. The third kappa shape index (κ3) is 4.02. The molecule has 0 spiro atoms. The van der Waals surface area contributed by atoms with Gasteiger partial charge in [-0.15, -0.1) is 0 Å². The molecule has 0 aliphatic carbocycles. The molecule has 0 fully saturated rings. The van der Waals surface area contributed by atoms with Crippen molar-refractivity contribution in [2.45, 2.75) is 64.2 Å². The van der Waals surface area contributed by atoms with Crippen molar-refractivity contribution in [1.29, 1.82) is 0 Å². The van der Waals surface area contributed by atoms with Crippen molar-refractivity contribution in [1.82, 2.24) is 0 Å². The summed E-state index contributed by atoms with van der Waals surface area (Å²) in [6, 6.07) is 2.09. The third-order valence-corrected chi connectivity index (χ3v) is 4.12. The summed E-state index contributed by atoms with van der Waals surface area (Å²) in [7, 11) is 0. The molecule has 0 saturated heterocycles. The Kier molecular flexibility index (Phi) is 5.71. The van der Waals surface area contributed by atoms with Crippen molar-refractivity contribution >= 4 is 11.6 Å². The molecule has 1 heterocycles. The van der Waals surface area contributed by atoms with Crippen LogP contribution >= 0.6 is 0 Å². The van der Waals surface area contributed by atoms with Crippen LogP contribution in [0.2, 0.25) is 0 Å². The van der Waals surface area contributed by atoms with Crippen LogP contribution in [0.4, 0.5) is 14.5 Å². The minimum absolute atomic E-state index is 0.161. The second-order valence-corrected chi connectivity index (χ2v) is 5.80. The summed E-state index contributed by atoms with van der Waals surface area (Å²) in [5.41, 5.74) is 0.637. The van der Waals surface area contributed by atoms with Gasteiger partial charge in [0.1, 0.15) is 11.6 Å². The first-order chi connectivity index (χ1) is 10.1. The van der Waals surface area contributed by atoms with E-state index in [0.29, 0.717) is 12.0 Å². The number of halogens is 2.